The first-order valence-electron chi connectivity index (χ1n) is 3.29. The molecule has 0 saturated heterocycles. The zero-order chi connectivity index (χ0) is 9.40. The Balaban J connectivity index is 4.08. The van der Waals surface area contributed by atoms with E-state index in [4.69, 9.17) is 11.6 Å². The molecule has 0 heterocycles. The largest absolute Gasteiger partial charge is 0.462 e. The van der Waals surface area contributed by atoms with Crippen molar-refractivity contribution in [2.24, 2.45) is 0 Å². The lowest BCUT2D eigenvalue weighted by atomic mass is 10.5. The topological polar surface area (TPSA) is 26.3 Å². The molecule has 0 aliphatic carbocycles. The van der Waals surface area contributed by atoms with Crippen molar-refractivity contribution >= 4 is 33.5 Å². The van der Waals surface area contributed by atoms with Crippen LogP contribution in [0.25, 0.3) is 0 Å². The lowest BCUT2D eigenvalue weighted by Gasteiger charge is -1.96. The summed E-state index contributed by atoms with van der Waals surface area (Å²) in [6.45, 7) is 2.03. The van der Waals surface area contributed by atoms with Crippen molar-refractivity contribution in [2.75, 3.05) is 11.9 Å². The Kier molecular flexibility index (Phi) is 6.93. The van der Waals surface area contributed by atoms with Gasteiger partial charge in [0.25, 0.3) is 0 Å². The number of alkyl halides is 1. The second-order valence-electron chi connectivity index (χ2n) is 1.67. The van der Waals surface area contributed by atoms with Crippen molar-refractivity contribution in [3.63, 3.8) is 0 Å². The normalized spacial score (nSPS) is 10.1. The number of halogens is 2. The maximum Gasteiger partial charge on any atom is 0.350 e. The van der Waals surface area contributed by atoms with E-state index in [-0.39, 0.29) is 5.03 Å². The van der Waals surface area contributed by atoms with Crippen molar-refractivity contribution in [3.05, 3.63) is 11.1 Å². The second-order valence-corrected chi connectivity index (χ2v) is 2.64. The van der Waals surface area contributed by atoms with Gasteiger partial charge in [0.15, 0.2) is 0 Å². The van der Waals surface area contributed by atoms with Crippen LogP contribution in [0, 0.1) is 11.8 Å². The summed E-state index contributed by atoms with van der Waals surface area (Å²) in [6, 6.07) is 0. The Labute approximate surface area is 85.0 Å². The fraction of sp³-hybridized carbons (Fsp3) is 0.375. The maximum absolute atomic E-state index is 10.8. The summed E-state index contributed by atoms with van der Waals surface area (Å²) in [5.74, 6) is 4.72. The molecule has 0 atom stereocenters. The van der Waals surface area contributed by atoms with Crippen molar-refractivity contribution in [1.29, 1.82) is 0 Å². The highest BCUT2D eigenvalue weighted by Crippen LogP contribution is 2.02. The third kappa shape index (κ3) is 5.22. The summed E-state index contributed by atoms with van der Waals surface area (Å²) in [5.41, 5.74) is 0. The van der Waals surface area contributed by atoms with Crippen LogP contribution in [0.3, 0.4) is 0 Å². The van der Waals surface area contributed by atoms with E-state index in [0.717, 1.165) is 0 Å². The van der Waals surface area contributed by atoms with Crippen molar-refractivity contribution in [1.82, 2.24) is 0 Å². The van der Waals surface area contributed by atoms with E-state index in [1.165, 1.54) is 6.08 Å². The monoisotopic (exact) mass is 250 g/mol. The predicted molar refractivity (Wildman–Crippen MR) is 52.1 cm³/mol. The number of allylic oxidation sites excluding steroid dienone is 1. The van der Waals surface area contributed by atoms with Gasteiger partial charge >= 0.3 is 5.97 Å². The first-order chi connectivity index (χ1) is 5.72. The van der Waals surface area contributed by atoms with Crippen LogP contribution in [-0.2, 0) is 9.53 Å². The molecule has 0 unspecified atom stereocenters. The van der Waals surface area contributed by atoms with Gasteiger partial charge in [-0.25, -0.2) is 4.79 Å². The number of carbonyl (C=O) groups is 1. The fourth-order valence-electron chi connectivity index (χ4n) is 0.412. The molecule has 0 aromatic carbocycles. The smallest absolute Gasteiger partial charge is 0.350 e. The van der Waals surface area contributed by atoms with Gasteiger partial charge in [-0.1, -0.05) is 39.4 Å². The number of hydrogen-bond donors (Lipinski definition) is 0. The van der Waals surface area contributed by atoms with Gasteiger partial charge in [-0.05, 0) is 6.92 Å². The summed E-state index contributed by atoms with van der Waals surface area (Å²) < 4.78 is 4.62. The quantitative estimate of drug-likeness (QED) is 0.325. The molecule has 0 rings (SSSR count). The van der Waals surface area contributed by atoms with Crippen LogP contribution in [0.15, 0.2) is 11.1 Å². The minimum absolute atomic E-state index is 0.00491. The highest BCUT2D eigenvalue weighted by atomic mass is 79.9. The number of rotatable bonds is 2. The average molecular weight is 252 g/mol. The molecule has 0 spiro atoms. The van der Waals surface area contributed by atoms with E-state index in [1.54, 1.807) is 6.92 Å². The molecule has 12 heavy (non-hydrogen) atoms. The molecule has 0 amide bonds. The van der Waals surface area contributed by atoms with E-state index in [0.29, 0.717) is 11.9 Å². The van der Waals surface area contributed by atoms with Gasteiger partial charge in [0.05, 0.1) is 11.9 Å². The van der Waals surface area contributed by atoms with Crippen molar-refractivity contribution in [3.8, 4) is 11.8 Å². The Morgan fingerprint density at radius 1 is 1.75 bits per heavy atom. The van der Waals surface area contributed by atoms with Gasteiger partial charge in [0.1, 0.15) is 5.03 Å². The number of hydrogen-bond acceptors (Lipinski definition) is 2. The molecular weight excluding hydrogens is 243 g/mol. The molecule has 0 saturated carbocycles. The highest BCUT2D eigenvalue weighted by Gasteiger charge is 2.04. The van der Waals surface area contributed by atoms with Crippen LogP contribution in [0.5, 0.6) is 0 Å². The molecule has 66 valence electrons. The van der Waals surface area contributed by atoms with Gasteiger partial charge < -0.3 is 4.74 Å². The van der Waals surface area contributed by atoms with Gasteiger partial charge in [-0.15, -0.1) is 0 Å². The molecule has 0 aliphatic heterocycles. The number of esters is 1. The lowest BCUT2D eigenvalue weighted by Crippen LogP contribution is -2.03. The molecule has 0 N–H and O–H groups in total. The van der Waals surface area contributed by atoms with E-state index >= 15 is 0 Å². The fourth-order valence-corrected chi connectivity index (χ4v) is 0.683. The Hall–Kier alpha value is -0.460. The van der Waals surface area contributed by atoms with Crippen LogP contribution in [0.4, 0.5) is 0 Å². The minimum Gasteiger partial charge on any atom is -0.462 e. The molecule has 0 aromatic heterocycles. The van der Waals surface area contributed by atoms with Crippen molar-refractivity contribution in [2.45, 2.75) is 6.92 Å². The van der Waals surface area contributed by atoms with Crippen LogP contribution in [0.2, 0.25) is 0 Å². The zero-order valence-electron chi connectivity index (χ0n) is 6.56. The predicted octanol–water partition coefficient (Wildman–Crippen LogP) is 2.07. The first-order valence-corrected chi connectivity index (χ1v) is 4.79. The van der Waals surface area contributed by atoms with Crippen molar-refractivity contribution < 1.29 is 9.53 Å². The van der Waals surface area contributed by atoms with E-state index in [1.807, 2.05) is 0 Å². The van der Waals surface area contributed by atoms with Crippen LogP contribution in [-0.4, -0.2) is 17.9 Å². The third-order valence-electron chi connectivity index (χ3n) is 0.838. The van der Waals surface area contributed by atoms with Gasteiger partial charge in [-0.3, -0.25) is 0 Å². The molecule has 0 bridgehead atoms. The summed E-state index contributed by atoms with van der Waals surface area (Å²) in [6.07, 6.45) is 1.32. The first kappa shape index (κ1) is 11.5. The summed E-state index contributed by atoms with van der Waals surface area (Å²) in [5, 5.41) is 0.557. The highest BCUT2D eigenvalue weighted by molar-refractivity contribution is 9.09. The Bertz CT molecular complexity index is 237. The summed E-state index contributed by atoms with van der Waals surface area (Å²) in [7, 11) is 0. The standard InChI is InChI=1S/C8H8BrClO2/c1-2-12-8(11)7(10)5-3-4-6-9/h5H,2,6H2,1H3/b7-5-. The third-order valence-corrected chi connectivity index (χ3v) is 1.38. The molecule has 4 heteroatoms. The number of ether oxygens (including phenoxy) is 1. The summed E-state index contributed by atoms with van der Waals surface area (Å²) >= 11 is 8.62. The minimum atomic E-state index is -0.539. The van der Waals surface area contributed by atoms with Crippen LogP contribution in [0.1, 0.15) is 6.92 Å². The maximum atomic E-state index is 10.8. The lowest BCUT2D eigenvalue weighted by molar-refractivity contribution is -0.137. The molecule has 0 radical (unpaired) electrons. The molecule has 0 fully saturated rings. The van der Waals surface area contributed by atoms with E-state index in [2.05, 4.69) is 32.5 Å². The van der Waals surface area contributed by atoms with Crippen LogP contribution < -0.4 is 0 Å². The SMILES string of the molecule is CCOC(=O)/C(Cl)=C/C#CCBr. The zero-order valence-corrected chi connectivity index (χ0v) is 8.91. The van der Waals surface area contributed by atoms with Gasteiger partial charge in [0, 0.05) is 6.08 Å². The van der Waals surface area contributed by atoms with Crippen LogP contribution >= 0.6 is 27.5 Å². The number of carbonyl (C=O) groups excluding carboxylic acids is 1. The molecule has 0 aromatic rings. The van der Waals surface area contributed by atoms with E-state index < -0.39 is 5.97 Å². The summed E-state index contributed by atoms with van der Waals surface area (Å²) in [4.78, 5) is 10.8. The molecule has 2 nitrogen and oxygen atoms in total. The van der Waals surface area contributed by atoms with Gasteiger partial charge in [0.2, 0.25) is 0 Å². The Morgan fingerprint density at radius 3 is 2.92 bits per heavy atom. The van der Waals surface area contributed by atoms with Gasteiger partial charge in [-0.2, -0.15) is 0 Å². The average Bonchev–Trinajstić information content (AvgIpc) is 2.05. The second kappa shape index (κ2) is 7.20. The molecular formula is C8H8BrClO2. The Morgan fingerprint density at radius 2 is 2.42 bits per heavy atom. The molecule has 0 aliphatic rings. The van der Waals surface area contributed by atoms with E-state index in [9.17, 15) is 4.79 Å².